The Morgan fingerprint density at radius 3 is 1.26 bits per heavy atom. The fraction of sp³-hybridized carbons (Fsp3) is 0.294. The SMILES string of the molecule is CC(C)(c1ccc(CBr)cc1)c1ccc(CBr)cc1. The van der Waals surface area contributed by atoms with Crippen LogP contribution in [-0.2, 0) is 16.1 Å². The smallest absolute Gasteiger partial charge is 0.0283 e. The fourth-order valence-corrected chi connectivity index (χ4v) is 2.94. The molecule has 0 nitrogen and oxygen atoms in total. The zero-order valence-electron chi connectivity index (χ0n) is 11.3. The van der Waals surface area contributed by atoms with Gasteiger partial charge in [0.15, 0.2) is 0 Å². The second-order valence-corrected chi connectivity index (χ2v) is 6.41. The monoisotopic (exact) mass is 380 g/mol. The highest BCUT2D eigenvalue weighted by Gasteiger charge is 2.22. The van der Waals surface area contributed by atoms with Gasteiger partial charge in [0.05, 0.1) is 0 Å². The number of halogens is 2. The molecule has 2 heteroatoms. The molecular weight excluding hydrogens is 364 g/mol. The third-order valence-electron chi connectivity index (χ3n) is 3.66. The molecule has 0 bridgehead atoms. The highest BCUT2D eigenvalue weighted by molar-refractivity contribution is 9.08. The minimum absolute atomic E-state index is 0.0374. The van der Waals surface area contributed by atoms with Crippen molar-refractivity contribution >= 4 is 31.9 Å². The molecule has 19 heavy (non-hydrogen) atoms. The Bertz CT molecular complexity index is 475. The molecule has 0 atom stereocenters. The van der Waals surface area contributed by atoms with E-state index < -0.39 is 0 Å². The van der Waals surface area contributed by atoms with Crippen molar-refractivity contribution in [3.63, 3.8) is 0 Å². The quantitative estimate of drug-likeness (QED) is 0.587. The largest absolute Gasteiger partial charge is 0.0876 e. The van der Waals surface area contributed by atoms with E-state index in [0.29, 0.717) is 0 Å². The first-order valence-corrected chi connectivity index (χ1v) is 8.63. The van der Waals surface area contributed by atoms with E-state index in [1.165, 1.54) is 22.3 Å². The average molecular weight is 382 g/mol. The molecule has 100 valence electrons. The third-order valence-corrected chi connectivity index (χ3v) is 4.95. The summed E-state index contributed by atoms with van der Waals surface area (Å²) in [5.74, 6) is 0. The summed E-state index contributed by atoms with van der Waals surface area (Å²) in [6, 6.07) is 17.7. The fourth-order valence-electron chi connectivity index (χ4n) is 2.19. The van der Waals surface area contributed by atoms with Crippen molar-refractivity contribution in [3.8, 4) is 0 Å². The summed E-state index contributed by atoms with van der Waals surface area (Å²) in [5, 5.41) is 1.82. The number of benzene rings is 2. The van der Waals surface area contributed by atoms with Crippen molar-refractivity contribution < 1.29 is 0 Å². The molecular formula is C17H18Br2. The maximum atomic E-state index is 3.49. The molecule has 2 aromatic rings. The summed E-state index contributed by atoms with van der Waals surface area (Å²) in [6.07, 6.45) is 0. The van der Waals surface area contributed by atoms with Crippen LogP contribution in [0.2, 0.25) is 0 Å². The summed E-state index contributed by atoms with van der Waals surface area (Å²) in [6.45, 7) is 4.55. The molecule has 0 aliphatic heterocycles. The van der Waals surface area contributed by atoms with Crippen LogP contribution in [-0.4, -0.2) is 0 Å². The lowest BCUT2D eigenvalue weighted by Crippen LogP contribution is -2.18. The Morgan fingerprint density at radius 2 is 1.00 bits per heavy atom. The van der Waals surface area contributed by atoms with Crippen molar-refractivity contribution in [3.05, 3.63) is 70.8 Å². The first kappa shape index (κ1) is 14.8. The maximum Gasteiger partial charge on any atom is 0.0283 e. The van der Waals surface area contributed by atoms with Crippen molar-refractivity contribution in [2.45, 2.75) is 29.9 Å². The van der Waals surface area contributed by atoms with E-state index in [0.717, 1.165) is 10.7 Å². The van der Waals surface area contributed by atoms with Gasteiger partial charge in [-0.3, -0.25) is 0 Å². The Balaban J connectivity index is 2.33. The van der Waals surface area contributed by atoms with Crippen LogP contribution in [0.25, 0.3) is 0 Å². The zero-order chi connectivity index (χ0) is 13.9. The highest BCUT2D eigenvalue weighted by atomic mass is 79.9. The summed E-state index contributed by atoms with van der Waals surface area (Å²) in [5.41, 5.74) is 5.37. The van der Waals surface area contributed by atoms with Gasteiger partial charge in [0.1, 0.15) is 0 Å². The van der Waals surface area contributed by atoms with Crippen LogP contribution in [0.1, 0.15) is 36.1 Å². The predicted octanol–water partition coefficient (Wildman–Crippen LogP) is 5.80. The van der Waals surface area contributed by atoms with E-state index in [-0.39, 0.29) is 5.41 Å². The highest BCUT2D eigenvalue weighted by Crippen LogP contribution is 2.32. The molecule has 0 N–H and O–H groups in total. The van der Waals surface area contributed by atoms with E-state index >= 15 is 0 Å². The van der Waals surface area contributed by atoms with Gasteiger partial charge in [0.2, 0.25) is 0 Å². The predicted molar refractivity (Wildman–Crippen MR) is 90.3 cm³/mol. The molecule has 0 amide bonds. The standard InChI is InChI=1S/C17H18Br2/c1-17(2,15-7-3-13(11-18)4-8-15)16-9-5-14(12-19)6-10-16/h3-10H,11-12H2,1-2H3. The number of hydrogen-bond donors (Lipinski definition) is 0. The maximum absolute atomic E-state index is 3.49. The van der Waals surface area contributed by atoms with Gasteiger partial charge >= 0.3 is 0 Å². The van der Waals surface area contributed by atoms with Gasteiger partial charge in [-0.25, -0.2) is 0 Å². The minimum atomic E-state index is 0.0374. The van der Waals surface area contributed by atoms with Crippen LogP contribution < -0.4 is 0 Å². The number of rotatable bonds is 4. The lowest BCUT2D eigenvalue weighted by molar-refractivity contribution is 0.640. The van der Waals surface area contributed by atoms with E-state index in [9.17, 15) is 0 Å². The molecule has 0 fully saturated rings. The van der Waals surface area contributed by atoms with Gasteiger partial charge in [-0.1, -0.05) is 94.2 Å². The molecule has 0 aliphatic carbocycles. The summed E-state index contributed by atoms with van der Waals surface area (Å²) < 4.78 is 0. The first-order valence-electron chi connectivity index (χ1n) is 6.38. The molecule has 0 saturated carbocycles. The Labute approximate surface area is 132 Å². The molecule has 0 unspecified atom stereocenters. The van der Waals surface area contributed by atoms with Gasteiger partial charge in [0, 0.05) is 16.1 Å². The number of hydrogen-bond acceptors (Lipinski definition) is 0. The Hall–Kier alpha value is -0.600. The molecule has 0 aliphatic rings. The van der Waals surface area contributed by atoms with Crippen molar-refractivity contribution in [1.29, 1.82) is 0 Å². The average Bonchev–Trinajstić information content (AvgIpc) is 2.47. The second-order valence-electron chi connectivity index (χ2n) is 5.29. The van der Waals surface area contributed by atoms with Crippen LogP contribution >= 0.6 is 31.9 Å². The topological polar surface area (TPSA) is 0 Å². The Morgan fingerprint density at radius 1 is 0.684 bits per heavy atom. The van der Waals surface area contributed by atoms with Crippen molar-refractivity contribution in [2.24, 2.45) is 0 Å². The van der Waals surface area contributed by atoms with Gasteiger partial charge < -0.3 is 0 Å². The van der Waals surface area contributed by atoms with E-state index in [4.69, 9.17) is 0 Å². The second kappa shape index (κ2) is 6.23. The molecule has 0 saturated heterocycles. The van der Waals surface area contributed by atoms with E-state index in [1.54, 1.807) is 0 Å². The van der Waals surface area contributed by atoms with E-state index in [2.05, 4.69) is 94.2 Å². The van der Waals surface area contributed by atoms with Crippen LogP contribution in [0.4, 0.5) is 0 Å². The third kappa shape index (κ3) is 3.29. The Kier molecular flexibility index (Phi) is 4.86. The summed E-state index contributed by atoms with van der Waals surface area (Å²) in [4.78, 5) is 0. The molecule has 0 aromatic heterocycles. The van der Waals surface area contributed by atoms with Crippen LogP contribution in [0.3, 0.4) is 0 Å². The summed E-state index contributed by atoms with van der Waals surface area (Å²) >= 11 is 6.98. The lowest BCUT2D eigenvalue weighted by atomic mass is 9.78. The zero-order valence-corrected chi connectivity index (χ0v) is 14.5. The minimum Gasteiger partial charge on any atom is -0.0876 e. The number of alkyl halides is 2. The molecule has 2 aromatic carbocycles. The summed E-state index contributed by atoms with van der Waals surface area (Å²) in [7, 11) is 0. The van der Waals surface area contributed by atoms with Gasteiger partial charge in [-0.2, -0.15) is 0 Å². The molecule has 0 heterocycles. The van der Waals surface area contributed by atoms with Crippen LogP contribution in [0.5, 0.6) is 0 Å². The normalized spacial score (nSPS) is 11.6. The van der Waals surface area contributed by atoms with E-state index in [1.807, 2.05) is 0 Å². The van der Waals surface area contributed by atoms with Crippen LogP contribution in [0.15, 0.2) is 48.5 Å². The van der Waals surface area contributed by atoms with Gasteiger partial charge in [-0.15, -0.1) is 0 Å². The van der Waals surface area contributed by atoms with Crippen molar-refractivity contribution in [1.82, 2.24) is 0 Å². The first-order chi connectivity index (χ1) is 9.07. The molecule has 2 rings (SSSR count). The van der Waals surface area contributed by atoms with Gasteiger partial charge in [0.25, 0.3) is 0 Å². The molecule has 0 radical (unpaired) electrons. The lowest BCUT2D eigenvalue weighted by Gasteiger charge is -2.26. The molecule has 0 spiro atoms. The van der Waals surface area contributed by atoms with Gasteiger partial charge in [-0.05, 0) is 22.3 Å². The van der Waals surface area contributed by atoms with Crippen LogP contribution in [0, 0.1) is 0 Å². The van der Waals surface area contributed by atoms with Crippen molar-refractivity contribution in [2.75, 3.05) is 0 Å².